The third-order valence-electron chi connectivity index (χ3n) is 4.87. The lowest BCUT2D eigenvalue weighted by Crippen LogP contribution is -2.07. The lowest BCUT2D eigenvalue weighted by Gasteiger charge is -2.16. The molecule has 0 amide bonds. The quantitative estimate of drug-likeness (QED) is 0.346. The summed E-state index contributed by atoms with van der Waals surface area (Å²) in [5.74, 6) is -0.546. The topological polar surface area (TPSA) is 64.3 Å². The van der Waals surface area contributed by atoms with E-state index in [0.717, 1.165) is 11.4 Å². The molecule has 0 aliphatic carbocycles. The van der Waals surface area contributed by atoms with Crippen molar-refractivity contribution in [3.8, 4) is 22.8 Å². The summed E-state index contributed by atoms with van der Waals surface area (Å²) >= 11 is 12.4. The number of nitrogens with zero attached hydrogens (tertiary/aromatic N) is 2. The number of carboxylic acid groups (broad SMARTS) is 1. The highest BCUT2D eigenvalue weighted by atomic mass is 35.5. The number of pyridine rings is 1. The molecule has 0 spiro atoms. The van der Waals surface area contributed by atoms with E-state index in [2.05, 4.69) is 4.98 Å². The molecule has 0 aliphatic heterocycles. The van der Waals surface area contributed by atoms with Crippen molar-refractivity contribution >= 4 is 29.2 Å². The highest BCUT2D eigenvalue weighted by Crippen LogP contribution is 2.36. The standard InChI is InChI=1S/C24H17Cl2FN2O3/c1-14-5-9-21(29(14)23-4-2-3-20(28-23)24(30)31)18-11-16(25)7-10-22(18)32-13-15-6-8-17(27)12-19(15)26/h2-12H,13H2,1H3,(H,30,31). The van der Waals surface area contributed by atoms with Crippen LogP contribution in [0.1, 0.15) is 21.7 Å². The Morgan fingerprint density at radius 3 is 2.66 bits per heavy atom. The van der Waals surface area contributed by atoms with Crippen molar-refractivity contribution in [2.75, 3.05) is 0 Å². The zero-order valence-electron chi connectivity index (χ0n) is 16.8. The molecule has 0 saturated heterocycles. The number of benzene rings is 2. The number of aromatic nitrogens is 2. The van der Waals surface area contributed by atoms with Crippen molar-refractivity contribution < 1.29 is 19.0 Å². The van der Waals surface area contributed by atoms with E-state index in [0.29, 0.717) is 27.7 Å². The van der Waals surface area contributed by atoms with Crippen LogP contribution in [-0.4, -0.2) is 20.6 Å². The van der Waals surface area contributed by atoms with Crippen molar-refractivity contribution in [1.29, 1.82) is 0 Å². The zero-order valence-corrected chi connectivity index (χ0v) is 18.4. The molecule has 0 atom stereocenters. The molecule has 32 heavy (non-hydrogen) atoms. The summed E-state index contributed by atoms with van der Waals surface area (Å²) in [6.07, 6.45) is 0. The summed E-state index contributed by atoms with van der Waals surface area (Å²) < 4.78 is 21.2. The molecular weight excluding hydrogens is 454 g/mol. The zero-order chi connectivity index (χ0) is 22.8. The monoisotopic (exact) mass is 470 g/mol. The number of hydrogen-bond donors (Lipinski definition) is 1. The summed E-state index contributed by atoms with van der Waals surface area (Å²) in [6, 6.07) is 17.9. The van der Waals surface area contributed by atoms with E-state index in [4.69, 9.17) is 27.9 Å². The molecule has 0 unspecified atom stereocenters. The lowest BCUT2D eigenvalue weighted by atomic mass is 10.1. The van der Waals surface area contributed by atoms with Crippen LogP contribution in [0.3, 0.4) is 0 Å². The van der Waals surface area contributed by atoms with Gasteiger partial charge in [-0.05, 0) is 61.5 Å². The van der Waals surface area contributed by atoms with E-state index in [1.807, 2.05) is 23.6 Å². The first-order chi connectivity index (χ1) is 15.3. The van der Waals surface area contributed by atoms with Crippen LogP contribution in [0, 0.1) is 12.7 Å². The maximum absolute atomic E-state index is 13.3. The van der Waals surface area contributed by atoms with E-state index in [1.54, 1.807) is 36.4 Å². The van der Waals surface area contributed by atoms with Gasteiger partial charge in [0.1, 0.15) is 24.0 Å². The number of carbonyl (C=O) groups is 1. The highest BCUT2D eigenvalue weighted by molar-refractivity contribution is 6.31. The first-order valence-electron chi connectivity index (χ1n) is 9.59. The molecule has 0 aliphatic rings. The fraction of sp³-hybridized carbons (Fsp3) is 0.0833. The van der Waals surface area contributed by atoms with Crippen LogP contribution >= 0.6 is 23.2 Å². The molecule has 0 saturated carbocycles. The smallest absolute Gasteiger partial charge is 0.354 e. The Balaban J connectivity index is 1.76. The molecule has 0 fully saturated rings. The number of ether oxygens (including phenoxy) is 1. The van der Waals surface area contributed by atoms with Gasteiger partial charge in [-0.25, -0.2) is 14.2 Å². The van der Waals surface area contributed by atoms with Gasteiger partial charge in [0, 0.05) is 21.8 Å². The molecule has 2 heterocycles. The molecular formula is C24H17Cl2FN2O3. The van der Waals surface area contributed by atoms with Crippen LogP contribution in [0.4, 0.5) is 4.39 Å². The van der Waals surface area contributed by atoms with E-state index in [-0.39, 0.29) is 17.3 Å². The maximum atomic E-state index is 13.3. The normalized spacial score (nSPS) is 10.9. The predicted molar refractivity (Wildman–Crippen MR) is 121 cm³/mol. The van der Waals surface area contributed by atoms with Gasteiger partial charge in [-0.2, -0.15) is 0 Å². The third-order valence-corrected chi connectivity index (χ3v) is 5.46. The number of carboxylic acids is 1. The van der Waals surface area contributed by atoms with Crippen molar-refractivity contribution in [2.24, 2.45) is 0 Å². The largest absolute Gasteiger partial charge is 0.488 e. The van der Waals surface area contributed by atoms with Gasteiger partial charge in [0.25, 0.3) is 0 Å². The first-order valence-corrected chi connectivity index (χ1v) is 10.3. The second-order valence-electron chi connectivity index (χ2n) is 7.05. The minimum absolute atomic E-state index is 0.0601. The van der Waals surface area contributed by atoms with E-state index >= 15 is 0 Å². The van der Waals surface area contributed by atoms with Gasteiger partial charge in [0.2, 0.25) is 0 Å². The number of aryl methyl sites for hydroxylation is 1. The number of aromatic carboxylic acids is 1. The molecule has 0 bridgehead atoms. The number of rotatable bonds is 6. The Kier molecular flexibility index (Phi) is 6.17. The molecule has 1 N–H and O–H groups in total. The second kappa shape index (κ2) is 9.02. The van der Waals surface area contributed by atoms with Crippen LogP contribution in [-0.2, 0) is 6.61 Å². The van der Waals surface area contributed by atoms with Crippen LogP contribution in [0.25, 0.3) is 17.1 Å². The first kappa shape index (κ1) is 21.9. The van der Waals surface area contributed by atoms with E-state index in [1.165, 1.54) is 18.2 Å². The lowest BCUT2D eigenvalue weighted by molar-refractivity contribution is 0.0690. The Morgan fingerprint density at radius 2 is 1.91 bits per heavy atom. The predicted octanol–water partition coefficient (Wildman–Crippen LogP) is 6.57. The van der Waals surface area contributed by atoms with Gasteiger partial charge in [-0.3, -0.25) is 4.57 Å². The van der Waals surface area contributed by atoms with Gasteiger partial charge in [0.15, 0.2) is 5.69 Å². The summed E-state index contributed by atoms with van der Waals surface area (Å²) in [5.41, 5.74) is 2.83. The second-order valence-corrected chi connectivity index (χ2v) is 7.89. The number of halogens is 3. The Morgan fingerprint density at radius 1 is 1.09 bits per heavy atom. The fourth-order valence-electron chi connectivity index (χ4n) is 3.34. The van der Waals surface area contributed by atoms with Gasteiger partial charge in [0.05, 0.1) is 10.7 Å². The molecule has 2 aromatic carbocycles. The fourth-order valence-corrected chi connectivity index (χ4v) is 3.74. The summed E-state index contributed by atoms with van der Waals surface area (Å²) in [4.78, 5) is 15.7. The molecule has 2 aromatic heterocycles. The number of hydrogen-bond acceptors (Lipinski definition) is 3. The molecule has 4 aromatic rings. The SMILES string of the molecule is Cc1ccc(-c2cc(Cl)ccc2OCc2ccc(F)cc2Cl)n1-c1cccc(C(=O)O)n1. The van der Waals surface area contributed by atoms with Crippen molar-refractivity contribution in [2.45, 2.75) is 13.5 Å². The van der Waals surface area contributed by atoms with Crippen LogP contribution in [0.2, 0.25) is 10.0 Å². The van der Waals surface area contributed by atoms with Gasteiger partial charge in [-0.15, -0.1) is 0 Å². The third kappa shape index (κ3) is 4.47. The summed E-state index contributed by atoms with van der Waals surface area (Å²) in [5, 5.41) is 10.1. The van der Waals surface area contributed by atoms with Crippen molar-refractivity contribution in [3.63, 3.8) is 0 Å². The van der Waals surface area contributed by atoms with Gasteiger partial charge >= 0.3 is 5.97 Å². The summed E-state index contributed by atoms with van der Waals surface area (Å²) in [7, 11) is 0. The average Bonchev–Trinajstić information content (AvgIpc) is 3.15. The van der Waals surface area contributed by atoms with Crippen LogP contribution in [0.5, 0.6) is 5.75 Å². The highest BCUT2D eigenvalue weighted by Gasteiger charge is 2.17. The molecule has 5 nitrogen and oxygen atoms in total. The maximum Gasteiger partial charge on any atom is 0.354 e. The Hall–Kier alpha value is -3.35. The molecule has 8 heteroatoms. The van der Waals surface area contributed by atoms with Crippen LogP contribution in [0.15, 0.2) is 66.7 Å². The minimum Gasteiger partial charge on any atom is -0.488 e. The van der Waals surface area contributed by atoms with Crippen molar-refractivity contribution in [3.05, 3.63) is 99.5 Å². The van der Waals surface area contributed by atoms with E-state index in [9.17, 15) is 14.3 Å². The Bertz CT molecular complexity index is 1320. The van der Waals surface area contributed by atoms with E-state index < -0.39 is 11.8 Å². The van der Waals surface area contributed by atoms with Crippen LogP contribution < -0.4 is 4.74 Å². The van der Waals surface area contributed by atoms with Gasteiger partial charge in [-0.1, -0.05) is 35.3 Å². The van der Waals surface area contributed by atoms with Crippen molar-refractivity contribution in [1.82, 2.24) is 9.55 Å². The summed E-state index contributed by atoms with van der Waals surface area (Å²) in [6.45, 7) is 2.02. The molecule has 0 radical (unpaired) electrons. The van der Waals surface area contributed by atoms with Gasteiger partial charge < -0.3 is 9.84 Å². The molecule has 4 rings (SSSR count). The minimum atomic E-state index is -1.11. The Labute approximate surface area is 193 Å². The molecule has 162 valence electrons. The average molecular weight is 471 g/mol.